The molecule has 1 aliphatic rings. The third kappa shape index (κ3) is 4.75. The normalized spacial score (nSPS) is 12.8. The number of hydrogen-bond acceptors (Lipinski definition) is 5. The second-order valence-electron chi connectivity index (χ2n) is 6.73. The van der Waals surface area contributed by atoms with Crippen molar-refractivity contribution >= 4 is 44.8 Å². The van der Waals surface area contributed by atoms with Gasteiger partial charge in [0, 0.05) is 26.2 Å². The molecule has 0 saturated carbocycles. The van der Waals surface area contributed by atoms with Crippen LogP contribution >= 0.6 is 27.5 Å². The van der Waals surface area contributed by atoms with Gasteiger partial charge in [-0.15, -0.1) is 0 Å². The van der Waals surface area contributed by atoms with Gasteiger partial charge >= 0.3 is 0 Å². The number of nitrogens with one attached hydrogen (secondary N) is 1. The molecule has 1 heterocycles. The fraction of sp³-hybridized carbons (Fsp3) is 0.167. The van der Waals surface area contributed by atoms with Gasteiger partial charge in [0.25, 0.3) is 0 Å². The van der Waals surface area contributed by atoms with Gasteiger partial charge in [0.05, 0.1) is 18.9 Å². The number of ether oxygens (including phenoxy) is 2. The van der Waals surface area contributed by atoms with Crippen molar-refractivity contribution in [2.75, 3.05) is 13.2 Å². The molecule has 0 saturated heterocycles. The van der Waals surface area contributed by atoms with Crippen molar-refractivity contribution in [1.29, 1.82) is 0 Å². The maximum absolute atomic E-state index is 6.33. The Morgan fingerprint density at radius 3 is 2.32 bits per heavy atom. The molecule has 1 N–H and O–H groups in total. The summed E-state index contributed by atoms with van der Waals surface area (Å²) in [6, 6.07) is 19.3. The highest BCUT2D eigenvalue weighted by Crippen LogP contribution is 2.33. The highest BCUT2D eigenvalue weighted by atomic mass is 79.9. The third-order valence-corrected chi connectivity index (χ3v) is 5.42. The highest BCUT2D eigenvalue weighted by Gasteiger charge is 2.19. The largest absolute Gasteiger partial charge is 0.490 e. The first-order valence-corrected chi connectivity index (χ1v) is 11.1. The van der Waals surface area contributed by atoms with E-state index in [1.807, 2.05) is 74.5 Å². The van der Waals surface area contributed by atoms with Crippen LogP contribution in [0.5, 0.6) is 11.5 Å². The van der Waals surface area contributed by atoms with Crippen LogP contribution in [0, 0.1) is 0 Å². The first kappa shape index (κ1) is 21.4. The molecule has 0 bridgehead atoms. The number of nitrogens with zero attached hydrogens (tertiary/aromatic N) is 2. The molecule has 5 nitrogen and oxygen atoms in total. The van der Waals surface area contributed by atoms with Crippen molar-refractivity contribution < 1.29 is 9.47 Å². The van der Waals surface area contributed by atoms with Gasteiger partial charge in [0.2, 0.25) is 0 Å². The molecule has 0 amide bonds. The quantitative estimate of drug-likeness (QED) is 0.432. The van der Waals surface area contributed by atoms with E-state index in [1.54, 1.807) is 0 Å². The summed E-state index contributed by atoms with van der Waals surface area (Å²) in [6.07, 6.45) is 0. The number of rotatable bonds is 6. The second-order valence-corrected chi connectivity index (χ2v) is 8.08. The van der Waals surface area contributed by atoms with Crippen LogP contribution in [0.3, 0.4) is 0 Å². The van der Waals surface area contributed by atoms with Crippen LogP contribution in [0.2, 0.25) is 5.02 Å². The topological polar surface area (TPSA) is 55.2 Å². The summed E-state index contributed by atoms with van der Waals surface area (Å²) in [5.74, 6) is 2.03. The molecule has 3 aromatic rings. The van der Waals surface area contributed by atoms with Gasteiger partial charge < -0.3 is 9.47 Å². The zero-order chi connectivity index (χ0) is 21.8. The van der Waals surface area contributed by atoms with Crippen LogP contribution < -0.4 is 14.9 Å². The van der Waals surface area contributed by atoms with Crippen LogP contribution in [-0.4, -0.2) is 24.8 Å². The molecular formula is C24H21BrClN3O2. The molecule has 158 valence electrons. The van der Waals surface area contributed by atoms with E-state index in [-0.39, 0.29) is 0 Å². The molecule has 0 fully saturated rings. The lowest BCUT2D eigenvalue weighted by Crippen LogP contribution is -2.19. The summed E-state index contributed by atoms with van der Waals surface area (Å²) < 4.78 is 12.5. The molecule has 0 aliphatic carbocycles. The summed E-state index contributed by atoms with van der Waals surface area (Å²) in [7, 11) is 0. The number of fused-ring (bicyclic) bond motifs is 1. The van der Waals surface area contributed by atoms with E-state index in [0.717, 1.165) is 32.6 Å². The highest BCUT2D eigenvalue weighted by molar-refractivity contribution is 9.10. The zero-order valence-electron chi connectivity index (χ0n) is 17.2. The van der Waals surface area contributed by atoms with E-state index >= 15 is 0 Å². The van der Waals surface area contributed by atoms with Crippen molar-refractivity contribution in [2.45, 2.75) is 13.8 Å². The minimum Gasteiger partial charge on any atom is -0.490 e. The molecule has 3 aromatic carbocycles. The minimum atomic E-state index is 0.535. The molecule has 7 heteroatoms. The summed E-state index contributed by atoms with van der Waals surface area (Å²) in [4.78, 5) is 4.82. The Bertz CT molecular complexity index is 1160. The van der Waals surface area contributed by atoms with E-state index in [4.69, 9.17) is 31.2 Å². The van der Waals surface area contributed by atoms with Gasteiger partial charge in [-0.2, -0.15) is 5.10 Å². The number of benzene rings is 3. The van der Waals surface area contributed by atoms with Crippen molar-refractivity contribution in [3.8, 4) is 11.5 Å². The lowest BCUT2D eigenvalue weighted by atomic mass is 10.0. The van der Waals surface area contributed by atoms with Crippen molar-refractivity contribution in [3.05, 3.63) is 86.8 Å². The van der Waals surface area contributed by atoms with Gasteiger partial charge in [-0.1, -0.05) is 39.7 Å². The van der Waals surface area contributed by atoms with Crippen LogP contribution in [-0.2, 0) is 0 Å². The van der Waals surface area contributed by atoms with Gasteiger partial charge in [-0.05, 0) is 62.4 Å². The third-order valence-electron chi connectivity index (χ3n) is 4.65. The summed E-state index contributed by atoms with van der Waals surface area (Å²) in [5, 5.41) is 5.32. The van der Waals surface area contributed by atoms with E-state index < -0.39 is 0 Å². The lowest BCUT2D eigenvalue weighted by molar-refractivity contribution is 0.287. The van der Waals surface area contributed by atoms with Gasteiger partial charge in [-0.3, -0.25) is 5.43 Å². The predicted molar refractivity (Wildman–Crippen MR) is 129 cm³/mol. The lowest BCUT2D eigenvalue weighted by Gasteiger charge is -2.14. The molecule has 0 spiro atoms. The standard InChI is InChI=1S/C24H21BrClN3O2/c1-3-30-21-12-7-16(13-22(21)31-4-2)23-19-14-18(26)10-11-20(19)27-24(29-28-23)15-5-8-17(25)9-6-15/h5-14H,3-4H2,1-2H3,(H,27,29). The molecular weight excluding hydrogens is 478 g/mol. The maximum atomic E-state index is 6.33. The van der Waals surface area contributed by atoms with Crippen molar-refractivity contribution in [3.63, 3.8) is 0 Å². The van der Waals surface area contributed by atoms with Gasteiger partial charge in [0.15, 0.2) is 17.3 Å². The van der Waals surface area contributed by atoms with E-state index in [9.17, 15) is 0 Å². The molecule has 4 rings (SSSR count). The molecule has 0 unspecified atom stereocenters. The van der Waals surface area contributed by atoms with Crippen molar-refractivity contribution in [2.24, 2.45) is 10.1 Å². The van der Waals surface area contributed by atoms with Crippen LogP contribution in [0.15, 0.2) is 75.2 Å². The van der Waals surface area contributed by atoms with Crippen LogP contribution in [0.25, 0.3) is 0 Å². The van der Waals surface area contributed by atoms with Gasteiger partial charge in [-0.25, -0.2) is 4.99 Å². The summed E-state index contributed by atoms with van der Waals surface area (Å²) in [6.45, 7) is 4.99. The average molecular weight is 499 g/mol. The molecule has 0 aromatic heterocycles. The number of hydrogen-bond donors (Lipinski definition) is 1. The van der Waals surface area contributed by atoms with Crippen molar-refractivity contribution in [1.82, 2.24) is 5.43 Å². The zero-order valence-corrected chi connectivity index (χ0v) is 19.5. The number of aliphatic imine (C=N–C) groups is 1. The fourth-order valence-electron chi connectivity index (χ4n) is 3.27. The van der Waals surface area contributed by atoms with Crippen LogP contribution in [0.4, 0.5) is 5.69 Å². The number of hydrazone groups is 1. The molecule has 0 atom stereocenters. The summed E-state index contributed by atoms with van der Waals surface area (Å²) >= 11 is 9.80. The molecule has 1 aliphatic heterocycles. The minimum absolute atomic E-state index is 0.535. The fourth-order valence-corrected chi connectivity index (χ4v) is 3.70. The molecule has 31 heavy (non-hydrogen) atoms. The van der Waals surface area contributed by atoms with Gasteiger partial charge in [0.1, 0.15) is 5.71 Å². The Hall–Kier alpha value is -2.83. The van der Waals surface area contributed by atoms with E-state index in [1.165, 1.54) is 0 Å². The number of amidine groups is 1. The Labute approximate surface area is 194 Å². The maximum Gasteiger partial charge on any atom is 0.161 e. The smallest absolute Gasteiger partial charge is 0.161 e. The number of halogens is 2. The molecule has 0 radical (unpaired) electrons. The monoisotopic (exact) mass is 497 g/mol. The Morgan fingerprint density at radius 1 is 0.871 bits per heavy atom. The van der Waals surface area contributed by atoms with Crippen LogP contribution in [0.1, 0.15) is 30.5 Å². The Morgan fingerprint density at radius 2 is 1.58 bits per heavy atom. The summed E-state index contributed by atoms with van der Waals surface area (Å²) in [5.41, 5.74) is 7.26. The average Bonchev–Trinajstić information content (AvgIpc) is 2.95. The Balaban J connectivity index is 1.82. The predicted octanol–water partition coefficient (Wildman–Crippen LogP) is 6.33. The Kier molecular flexibility index (Phi) is 6.59. The van der Waals surface area contributed by atoms with E-state index in [0.29, 0.717) is 35.6 Å². The SMILES string of the molecule is CCOc1ccc(C2=NNC(c3ccc(Br)cc3)=Nc3ccc(Cl)cc32)cc1OCC. The first-order chi connectivity index (χ1) is 15.1. The van der Waals surface area contributed by atoms with E-state index in [2.05, 4.69) is 21.4 Å². The second kappa shape index (κ2) is 9.54. The first-order valence-electron chi connectivity index (χ1n) is 9.97.